The summed E-state index contributed by atoms with van der Waals surface area (Å²) in [6.07, 6.45) is 8.38. The Labute approximate surface area is 258 Å². The van der Waals surface area contributed by atoms with Crippen molar-refractivity contribution in [3.05, 3.63) is 75.7 Å². The van der Waals surface area contributed by atoms with E-state index in [4.69, 9.17) is 23.2 Å². The first-order valence-electron chi connectivity index (χ1n) is 14.7. The van der Waals surface area contributed by atoms with Crippen molar-refractivity contribution < 1.29 is 0 Å². The molecule has 0 amide bonds. The number of benzene rings is 2. The highest BCUT2D eigenvalue weighted by molar-refractivity contribution is 6.36. The number of hydrogen-bond acceptors (Lipinski definition) is 8. The molecule has 0 radical (unpaired) electrons. The van der Waals surface area contributed by atoms with Gasteiger partial charge in [0.25, 0.3) is 0 Å². The number of halogens is 2. The number of nitrogens with zero attached hydrogens (tertiary/aromatic N) is 4. The SMILES string of the molecule is CC(C)(C)N1CCC(N2C=C([C@@H](Nc3cc(Cl)c4ncc(C#N)c(NCC5CC5)c4c3)c3ccc(Cl)cc3)NN2)CC1. The molecule has 1 aliphatic carbocycles. The number of hydrazine groups is 2. The summed E-state index contributed by atoms with van der Waals surface area (Å²) in [5.41, 5.74) is 11.9. The Morgan fingerprint density at radius 1 is 1.10 bits per heavy atom. The monoisotopic (exact) mass is 604 g/mol. The third kappa shape index (κ3) is 6.25. The van der Waals surface area contributed by atoms with Crippen LogP contribution in [0.2, 0.25) is 10.0 Å². The highest BCUT2D eigenvalue weighted by Crippen LogP contribution is 2.37. The third-order valence-electron chi connectivity index (χ3n) is 8.55. The lowest BCUT2D eigenvalue weighted by molar-refractivity contribution is 0.0570. The van der Waals surface area contributed by atoms with Crippen LogP contribution in [0.4, 0.5) is 11.4 Å². The Morgan fingerprint density at radius 3 is 2.50 bits per heavy atom. The first-order valence-corrected chi connectivity index (χ1v) is 15.5. The molecule has 3 aliphatic rings. The highest BCUT2D eigenvalue weighted by Gasteiger charge is 2.32. The van der Waals surface area contributed by atoms with Gasteiger partial charge in [0, 0.05) is 59.7 Å². The molecule has 3 heterocycles. The van der Waals surface area contributed by atoms with Crippen LogP contribution in [0, 0.1) is 17.2 Å². The lowest BCUT2D eigenvalue weighted by atomic mass is 9.98. The van der Waals surface area contributed by atoms with Crippen LogP contribution in [0.15, 0.2) is 54.5 Å². The average molecular weight is 606 g/mol. The van der Waals surface area contributed by atoms with Crippen LogP contribution in [0.1, 0.15) is 63.6 Å². The minimum absolute atomic E-state index is 0.185. The summed E-state index contributed by atoms with van der Waals surface area (Å²) >= 11 is 13.1. The largest absolute Gasteiger partial charge is 0.383 e. The van der Waals surface area contributed by atoms with Gasteiger partial charge in [0.1, 0.15) is 6.07 Å². The maximum absolute atomic E-state index is 9.82. The van der Waals surface area contributed by atoms with Gasteiger partial charge in [-0.05, 0) is 82.2 Å². The number of piperidine rings is 1. The average Bonchev–Trinajstić information content (AvgIpc) is 3.68. The molecule has 10 heteroatoms. The summed E-state index contributed by atoms with van der Waals surface area (Å²) in [6.45, 7) is 9.83. The molecular weight excluding hydrogens is 567 g/mol. The van der Waals surface area contributed by atoms with Crippen LogP contribution < -0.4 is 21.6 Å². The van der Waals surface area contributed by atoms with Crippen LogP contribution in [0.5, 0.6) is 0 Å². The zero-order chi connectivity index (χ0) is 29.4. The van der Waals surface area contributed by atoms with Crippen molar-refractivity contribution in [1.82, 2.24) is 25.9 Å². The van der Waals surface area contributed by atoms with Gasteiger partial charge in [-0.3, -0.25) is 14.9 Å². The molecule has 2 aromatic carbocycles. The van der Waals surface area contributed by atoms with Gasteiger partial charge < -0.3 is 16.1 Å². The molecule has 0 spiro atoms. The van der Waals surface area contributed by atoms with E-state index < -0.39 is 0 Å². The fraction of sp³-hybridized carbons (Fsp3) is 0.438. The predicted molar refractivity (Wildman–Crippen MR) is 171 cm³/mol. The molecule has 1 aromatic heterocycles. The van der Waals surface area contributed by atoms with Crippen LogP contribution >= 0.6 is 23.2 Å². The van der Waals surface area contributed by atoms with Crippen molar-refractivity contribution in [3.8, 4) is 6.07 Å². The molecule has 0 bridgehead atoms. The molecule has 1 saturated heterocycles. The number of aromatic nitrogens is 1. The van der Waals surface area contributed by atoms with Gasteiger partial charge in [0.15, 0.2) is 0 Å². The molecule has 220 valence electrons. The number of nitrogens with one attached hydrogen (secondary N) is 4. The Balaban J connectivity index is 1.30. The standard InChI is InChI=1S/C32H38Cl2N8/c1-32(2,3)41-12-10-25(11-13-41)42-19-28(39-40-42)30(21-6-8-23(33)9-7-21)38-24-14-26-29(36-17-20-4-5-20)22(16-35)18-37-31(26)27(34)15-24/h6-9,14-15,18-20,25,30,38-40H,4-5,10-13,17H2,1-3H3,(H,36,37)/t30-/m0/s1. The fourth-order valence-electron chi connectivity index (χ4n) is 5.85. The Hall–Kier alpha value is -3.22. The Bertz CT molecular complexity index is 1510. The molecule has 4 N–H and O–H groups in total. The van der Waals surface area contributed by atoms with Crippen molar-refractivity contribution in [3.63, 3.8) is 0 Å². The number of pyridine rings is 1. The second kappa shape index (κ2) is 11.8. The van der Waals surface area contributed by atoms with Crippen LogP contribution in [-0.2, 0) is 0 Å². The van der Waals surface area contributed by atoms with Gasteiger partial charge in [-0.2, -0.15) is 5.26 Å². The van der Waals surface area contributed by atoms with E-state index >= 15 is 0 Å². The van der Waals surface area contributed by atoms with Crippen molar-refractivity contribution in [1.29, 1.82) is 5.26 Å². The zero-order valence-corrected chi connectivity index (χ0v) is 25.9. The lowest BCUT2D eigenvalue weighted by Gasteiger charge is -2.42. The number of nitriles is 1. The van der Waals surface area contributed by atoms with E-state index in [0.717, 1.165) is 60.5 Å². The molecule has 0 unspecified atom stereocenters. The van der Waals surface area contributed by atoms with Crippen LogP contribution in [-0.4, -0.2) is 46.1 Å². The maximum Gasteiger partial charge on any atom is 0.103 e. The summed E-state index contributed by atoms with van der Waals surface area (Å²) in [7, 11) is 0. The van der Waals surface area contributed by atoms with E-state index in [2.05, 4.69) is 69.5 Å². The summed E-state index contributed by atoms with van der Waals surface area (Å²) in [4.78, 5) is 7.08. The quantitative estimate of drug-likeness (QED) is 0.223. The molecule has 8 nitrogen and oxygen atoms in total. The normalized spacial score (nSPS) is 18.9. The smallest absolute Gasteiger partial charge is 0.103 e. The molecule has 6 rings (SSSR count). The van der Waals surface area contributed by atoms with E-state index in [1.807, 2.05) is 36.4 Å². The second-order valence-electron chi connectivity index (χ2n) is 12.6. The summed E-state index contributed by atoms with van der Waals surface area (Å²) in [5, 5.41) is 21.3. The number of hydrogen-bond donors (Lipinski definition) is 4. The maximum atomic E-state index is 9.82. The first kappa shape index (κ1) is 28.9. The summed E-state index contributed by atoms with van der Waals surface area (Å²) in [6, 6.07) is 14.3. The van der Waals surface area contributed by atoms with E-state index in [9.17, 15) is 5.26 Å². The number of likely N-dealkylation sites (tertiary alicyclic amines) is 1. The fourth-order valence-corrected chi connectivity index (χ4v) is 6.24. The lowest BCUT2D eigenvalue weighted by Crippen LogP contribution is -2.52. The second-order valence-corrected chi connectivity index (χ2v) is 13.4. The van der Waals surface area contributed by atoms with Gasteiger partial charge in [-0.1, -0.05) is 35.3 Å². The highest BCUT2D eigenvalue weighted by atomic mass is 35.5. The molecule has 1 atom stereocenters. The van der Waals surface area contributed by atoms with Crippen LogP contribution in [0.25, 0.3) is 10.9 Å². The molecular formula is C32H38Cl2N8. The van der Waals surface area contributed by atoms with E-state index in [1.54, 1.807) is 6.20 Å². The van der Waals surface area contributed by atoms with Gasteiger partial charge in [0.05, 0.1) is 33.5 Å². The number of anilines is 2. The minimum Gasteiger partial charge on any atom is -0.383 e. The third-order valence-corrected chi connectivity index (χ3v) is 9.09. The van der Waals surface area contributed by atoms with Crippen molar-refractivity contribution in [2.45, 2.75) is 64.1 Å². The molecule has 1 saturated carbocycles. The molecule has 2 aliphatic heterocycles. The number of fused-ring (bicyclic) bond motifs is 1. The Morgan fingerprint density at radius 2 is 1.83 bits per heavy atom. The van der Waals surface area contributed by atoms with E-state index in [-0.39, 0.29) is 11.6 Å². The van der Waals surface area contributed by atoms with Crippen molar-refractivity contribution in [2.24, 2.45) is 5.92 Å². The molecule has 3 aromatic rings. The van der Waals surface area contributed by atoms with Crippen LogP contribution in [0.3, 0.4) is 0 Å². The van der Waals surface area contributed by atoms with Gasteiger partial charge in [-0.25, -0.2) is 0 Å². The van der Waals surface area contributed by atoms with E-state index in [1.165, 1.54) is 12.8 Å². The Kier molecular flexibility index (Phi) is 8.12. The first-order chi connectivity index (χ1) is 20.2. The summed E-state index contributed by atoms with van der Waals surface area (Å²) in [5.74, 6) is 0.655. The van der Waals surface area contributed by atoms with Gasteiger partial charge in [-0.15, -0.1) is 5.53 Å². The van der Waals surface area contributed by atoms with E-state index in [0.29, 0.717) is 33.1 Å². The molecule has 42 heavy (non-hydrogen) atoms. The van der Waals surface area contributed by atoms with Gasteiger partial charge >= 0.3 is 0 Å². The number of rotatable bonds is 8. The zero-order valence-electron chi connectivity index (χ0n) is 24.3. The summed E-state index contributed by atoms with van der Waals surface area (Å²) < 4.78 is 0. The molecule has 2 fully saturated rings. The predicted octanol–water partition coefficient (Wildman–Crippen LogP) is 6.82. The van der Waals surface area contributed by atoms with Gasteiger partial charge in [0.2, 0.25) is 0 Å². The van der Waals surface area contributed by atoms with Crippen molar-refractivity contribution in [2.75, 3.05) is 30.3 Å². The topological polar surface area (TPSA) is 91.3 Å². The minimum atomic E-state index is -0.210. The van der Waals surface area contributed by atoms with Crippen molar-refractivity contribution >= 4 is 45.5 Å².